The van der Waals surface area contributed by atoms with Gasteiger partial charge in [-0.05, 0) is 19.3 Å². The second kappa shape index (κ2) is 6.16. The molecule has 1 aliphatic heterocycles. The van der Waals surface area contributed by atoms with E-state index in [2.05, 4.69) is 0 Å². The largest absolute Gasteiger partial charge is 0.440 e. The van der Waals surface area contributed by atoms with Crippen LogP contribution in [0.4, 0.5) is 0 Å². The number of amides is 2. The number of imide groups is 1. The number of β-lactam (4-membered cyclic amide) rings is 1. The van der Waals surface area contributed by atoms with E-state index in [0.29, 0.717) is 6.42 Å². The summed E-state index contributed by atoms with van der Waals surface area (Å²) >= 11 is 0. The zero-order valence-corrected chi connectivity index (χ0v) is 13.2. The van der Waals surface area contributed by atoms with Gasteiger partial charge in [-0.3, -0.25) is 14.4 Å². The van der Waals surface area contributed by atoms with E-state index in [1.807, 2.05) is 6.92 Å². The molecule has 1 atom stereocenters. The van der Waals surface area contributed by atoms with Crippen LogP contribution in [0.1, 0.15) is 65.7 Å². The van der Waals surface area contributed by atoms with E-state index in [0.717, 1.165) is 30.6 Å². The summed E-state index contributed by atoms with van der Waals surface area (Å²) in [6.45, 7) is 5.52. The lowest BCUT2D eigenvalue weighted by atomic mass is 9.87. The topological polar surface area (TPSA) is 63.7 Å². The van der Waals surface area contributed by atoms with Crippen LogP contribution in [0.15, 0.2) is 0 Å². The lowest BCUT2D eigenvalue weighted by Crippen LogP contribution is -2.60. The van der Waals surface area contributed by atoms with Crippen LogP contribution in [0, 0.1) is 11.3 Å². The fourth-order valence-corrected chi connectivity index (χ4v) is 2.77. The van der Waals surface area contributed by atoms with E-state index < -0.39 is 11.6 Å². The molecule has 0 N–H and O–H groups in total. The Bertz CT molecular complexity index is 438. The van der Waals surface area contributed by atoms with Crippen molar-refractivity contribution in [2.75, 3.05) is 0 Å². The van der Waals surface area contributed by atoms with Crippen LogP contribution in [0.25, 0.3) is 0 Å². The van der Waals surface area contributed by atoms with Gasteiger partial charge in [0.05, 0.1) is 12.3 Å². The van der Waals surface area contributed by atoms with Gasteiger partial charge in [0.1, 0.15) is 0 Å². The maximum Gasteiger partial charge on any atom is 0.310 e. The zero-order valence-electron chi connectivity index (χ0n) is 13.2. The number of carbonyl (C=O) groups excluding carboxylic acids is 3. The number of ether oxygens (including phenoxy) is 1. The van der Waals surface area contributed by atoms with Crippen LogP contribution in [0.5, 0.6) is 0 Å². The van der Waals surface area contributed by atoms with Gasteiger partial charge in [-0.15, -0.1) is 0 Å². The minimum atomic E-state index is -0.690. The molecule has 118 valence electrons. The van der Waals surface area contributed by atoms with Gasteiger partial charge in [-0.2, -0.15) is 0 Å². The molecule has 0 aromatic carbocycles. The molecular weight excluding hydrogens is 270 g/mol. The Balaban J connectivity index is 1.96. The number of esters is 1. The van der Waals surface area contributed by atoms with Gasteiger partial charge in [0.15, 0.2) is 6.23 Å². The number of rotatable bonds is 4. The van der Waals surface area contributed by atoms with Crippen LogP contribution >= 0.6 is 0 Å². The third-order valence-corrected chi connectivity index (χ3v) is 4.78. The fraction of sp³-hybridized carbons (Fsp3) is 0.812. The van der Waals surface area contributed by atoms with E-state index >= 15 is 0 Å². The van der Waals surface area contributed by atoms with Crippen molar-refractivity contribution in [3.63, 3.8) is 0 Å². The Labute approximate surface area is 126 Å². The van der Waals surface area contributed by atoms with E-state index in [-0.39, 0.29) is 30.1 Å². The predicted molar refractivity (Wildman–Crippen MR) is 77.0 cm³/mol. The first-order chi connectivity index (χ1) is 9.86. The van der Waals surface area contributed by atoms with Gasteiger partial charge in [-0.1, -0.05) is 40.0 Å². The maximum absolute atomic E-state index is 12.4. The van der Waals surface area contributed by atoms with Crippen molar-refractivity contribution < 1.29 is 19.1 Å². The SMILES string of the molecule is CCC(C)(C)C(=O)N1C(=O)CC1OC(=O)C1CCCCC1. The number of likely N-dealkylation sites (tertiary alicyclic amines) is 1. The Kier molecular flexibility index (Phi) is 4.69. The summed E-state index contributed by atoms with van der Waals surface area (Å²) in [6.07, 6.45) is 5.06. The van der Waals surface area contributed by atoms with Crippen molar-refractivity contribution in [3.05, 3.63) is 0 Å². The fourth-order valence-electron chi connectivity index (χ4n) is 2.77. The highest BCUT2D eigenvalue weighted by molar-refractivity contribution is 6.02. The van der Waals surface area contributed by atoms with Crippen molar-refractivity contribution in [2.45, 2.75) is 71.9 Å². The van der Waals surface area contributed by atoms with Crippen molar-refractivity contribution in [1.82, 2.24) is 4.90 Å². The second-order valence-corrected chi connectivity index (χ2v) is 6.74. The molecule has 2 aliphatic rings. The molecule has 0 aromatic rings. The van der Waals surface area contributed by atoms with Gasteiger partial charge in [0.25, 0.3) is 0 Å². The van der Waals surface area contributed by atoms with Crippen molar-refractivity contribution in [3.8, 4) is 0 Å². The molecule has 2 fully saturated rings. The van der Waals surface area contributed by atoms with E-state index in [9.17, 15) is 14.4 Å². The van der Waals surface area contributed by atoms with Crippen LogP contribution in [0.3, 0.4) is 0 Å². The second-order valence-electron chi connectivity index (χ2n) is 6.74. The molecule has 0 radical (unpaired) electrons. The summed E-state index contributed by atoms with van der Waals surface area (Å²) < 4.78 is 5.41. The molecule has 21 heavy (non-hydrogen) atoms. The van der Waals surface area contributed by atoms with Crippen molar-refractivity contribution in [2.24, 2.45) is 11.3 Å². The first-order valence-corrected chi connectivity index (χ1v) is 7.94. The Morgan fingerprint density at radius 1 is 1.24 bits per heavy atom. The van der Waals surface area contributed by atoms with Gasteiger partial charge in [-0.25, -0.2) is 4.90 Å². The van der Waals surface area contributed by atoms with Crippen LogP contribution in [-0.4, -0.2) is 28.9 Å². The molecule has 1 saturated heterocycles. The third-order valence-electron chi connectivity index (χ3n) is 4.78. The van der Waals surface area contributed by atoms with Crippen molar-refractivity contribution in [1.29, 1.82) is 0 Å². The smallest absolute Gasteiger partial charge is 0.310 e. The Hall–Kier alpha value is -1.39. The average Bonchev–Trinajstić information content (AvgIpc) is 2.47. The molecule has 0 bridgehead atoms. The molecule has 1 saturated carbocycles. The quantitative estimate of drug-likeness (QED) is 0.591. The minimum absolute atomic E-state index is 0.0643. The summed E-state index contributed by atoms with van der Waals surface area (Å²) in [5, 5.41) is 0. The monoisotopic (exact) mass is 295 g/mol. The first kappa shape index (κ1) is 16.0. The van der Waals surface area contributed by atoms with E-state index in [1.165, 1.54) is 6.42 Å². The molecule has 0 spiro atoms. The van der Waals surface area contributed by atoms with E-state index in [4.69, 9.17) is 4.74 Å². The predicted octanol–water partition coefficient (Wildman–Crippen LogP) is 2.63. The van der Waals surface area contributed by atoms with Crippen LogP contribution in [-0.2, 0) is 19.1 Å². The molecule has 2 rings (SSSR count). The molecule has 0 aromatic heterocycles. The Morgan fingerprint density at radius 2 is 1.86 bits per heavy atom. The summed E-state index contributed by atoms with van der Waals surface area (Å²) in [4.78, 5) is 37.3. The maximum atomic E-state index is 12.4. The highest BCUT2D eigenvalue weighted by atomic mass is 16.6. The number of carbonyl (C=O) groups is 3. The molecule has 1 unspecified atom stereocenters. The normalized spacial score (nSPS) is 23.7. The lowest BCUT2D eigenvalue weighted by molar-refractivity contribution is -0.194. The summed E-state index contributed by atoms with van der Waals surface area (Å²) in [5.41, 5.74) is -0.606. The number of nitrogens with zero attached hydrogens (tertiary/aromatic N) is 1. The molecule has 2 amide bonds. The van der Waals surface area contributed by atoms with E-state index in [1.54, 1.807) is 13.8 Å². The molecule has 5 nitrogen and oxygen atoms in total. The minimum Gasteiger partial charge on any atom is -0.440 e. The summed E-state index contributed by atoms with van der Waals surface area (Å²) in [7, 11) is 0. The number of hydrogen-bond acceptors (Lipinski definition) is 4. The standard InChI is InChI=1S/C16H25NO4/c1-4-16(2,3)15(20)17-12(18)10-13(17)21-14(19)11-8-6-5-7-9-11/h11,13H,4-10H2,1-3H3. The number of hydrogen-bond donors (Lipinski definition) is 0. The lowest BCUT2D eigenvalue weighted by Gasteiger charge is -2.41. The first-order valence-electron chi connectivity index (χ1n) is 7.94. The van der Waals surface area contributed by atoms with Gasteiger partial charge < -0.3 is 4.74 Å². The zero-order chi connectivity index (χ0) is 15.6. The summed E-state index contributed by atoms with van der Waals surface area (Å²) in [6, 6.07) is 0. The van der Waals surface area contributed by atoms with Gasteiger partial charge >= 0.3 is 5.97 Å². The van der Waals surface area contributed by atoms with Gasteiger partial charge in [0.2, 0.25) is 11.8 Å². The molecule has 5 heteroatoms. The molecule has 1 heterocycles. The van der Waals surface area contributed by atoms with Crippen LogP contribution < -0.4 is 0 Å². The molecular formula is C16H25NO4. The average molecular weight is 295 g/mol. The Morgan fingerprint density at radius 3 is 2.38 bits per heavy atom. The van der Waals surface area contributed by atoms with Crippen molar-refractivity contribution >= 4 is 17.8 Å². The highest BCUT2D eigenvalue weighted by Gasteiger charge is 2.48. The molecule has 1 aliphatic carbocycles. The van der Waals surface area contributed by atoms with Crippen LogP contribution in [0.2, 0.25) is 0 Å². The van der Waals surface area contributed by atoms with Gasteiger partial charge in [0, 0.05) is 5.41 Å². The summed E-state index contributed by atoms with van der Waals surface area (Å²) in [5.74, 6) is -0.810. The highest BCUT2D eigenvalue weighted by Crippen LogP contribution is 2.32. The third kappa shape index (κ3) is 3.27.